The smallest absolute Gasteiger partial charge is 0.294 e. The van der Waals surface area contributed by atoms with Gasteiger partial charge in [0.05, 0.1) is 16.0 Å². The Hall–Kier alpha value is -2.29. The van der Waals surface area contributed by atoms with Gasteiger partial charge in [-0.15, -0.1) is 0 Å². The maximum atomic E-state index is 12.6. The molecule has 0 aliphatic carbocycles. The Morgan fingerprint density at radius 3 is 2.97 bits per heavy atom. The zero-order valence-electron chi connectivity index (χ0n) is 15.7. The van der Waals surface area contributed by atoms with Gasteiger partial charge < -0.3 is 14.8 Å². The molecule has 0 radical (unpaired) electrons. The van der Waals surface area contributed by atoms with Gasteiger partial charge in [0.1, 0.15) is 18.9 Å². The Labute approximate surface area is 178 Å². The van der Waals surface area contributed by atoms with Crippen molar-refractivity contribution in [3.63, 3.8) is 0 Å². The van der Waals surface area contributed by atoms with Crippen LogP contribution in [0.3, 0.4) is 0 Å². The number of thioether (sulfide) groups is 1. The molecule has 29 heavy (non-hydrogen) atoms. The summed E-state index contributed by atoms with van der Waals surface area (Å²) in [4.78, 5) is 38.0. The van der Waals surface area contributed by atoms with Gasteiger partial charge >= 0.3 is 0 Å². The molecule has 1 atom stereocenters. The number of halogens is 1. The molecule has 2 fully saturated rings. The first-order valence-electron chi connectivity index (χ1n) is 9.15. The van der Waals surface area contributed by atoms with E-state index in [0.29, 0.717) is 36.1 Å². The molecule has 2 saturated heterocycles. The van der Waals surface area contributed by atoms with Crippen LogP contribution in [0, 0.1) is 0 Å². The van der Waals surface area contributed by atoms with Crippen LogP contribution in [0.5, 0.6) is 5.75 Å². The zero-order valence-corrected chi connectivity index (χ0v) is 17.3. The number of amides is 3. The Bertz CT molecular complexity index is 851. The number of nitrogens with zero attached hydrogens (tertiary/aromatic N) is 1. The van der Waals surface area contributed by atoms with Crippen LogP contribution in [0.2, 0.25) is 5.02 Å². The highest BCUT2D eigenvalue weighted by Gasteiger charge is 2.36. The molecule has 1 N–H and O–H groups in total. The summed E-state index contributed by atoms with van der Waals surface area (Å²) >= 11 is 6.97. The van der Waals surface area contributed by atoms with Crippen LogP contribution >= 0.6 is 23.4 Å². The number of carbonyl (C=O) groups excluding carboxylic acids is 3. The number of hydrogen-bond acceptors (Lipinski definition) is 6. The molecule has 154 valence electrons. The number of carbonyl (C=O) groups is 3. The van der Waals surface area contributed by atoms with E-state index in [1.807, 2.05) is 0 Å². The van der Waals surface area contributed by atoms with E-state index in [1.54, 1.807) is 30.4 Å². The molecule has 0 saturated carbocycles. The lowest BCUT2D eigenvalue weighted by atomic mass is 10.2. The minimum atomic E-state index is -0.504. The molecule has 9 heteroatoms. The highest BCUT2D eigenvalue weighted by atomic mass is 35.5. The molecule has 0 aromatic heterocycles. The number of benzene rings is 1. The van der Waals surface area contributed by atoms with E-state index in [4.69, 9.17) is 21.1 Å². The van der Waals surface area contributed by atoms with Crippen molar-refractivity contribution in [3.8, 4) is 5.75 Å². The summed E-state index contributed by atoms with van der Waals surface area (Å²) in [7, 11) is 0. The predicted octanol–water partition coefficient (Wildman–Crippen LogP) is 3.24. The van der Waals surface area contributed by atoms with E-state index in [2.05, 4.69) is 11.9 Å². The Kier molecular flexibility index (Phi) is 7.35. The van der Waals surface area contributed by atoms with Gasteiger partial charge in [0.15, 0.2) is 0 Å². The van der Waals surface area contributed by atoms with Gasteiger partial charge in [0.2, 0.25) is 5.91 Å². The molecule has 1 aromatic carbocycles. The van der Waals surface area contributed by atoms with Crippen LogP contribution in [0.4, 0.5) is 4.79 Å². The molecule has 2 aliphatic heterocycles. The maximum absolute atomic E-state index is 12.6. The zero-order chi connectivity index (χ0) is 20.8. The second kappa shape index (κ2) is 9.96. The normalized spacial score (nSPS) is 20.4. The van der Waals surface area contributed by atoms with Crippen LogP contribution in [-0.2, 0) is 14.3 Å². The van der Waals surface area contributed by atoms with Crippen LogP contribution in [-0.4, -0.2) is 54.4 Å². The molecule has 1 aromatic rings. The van der Waals surface area contributed by atoms with Crippen LogP contribution in [0.1, 0.15) is 18.4 Å². The van der Waals surface area contributed by atoms with Crippen molar-refractivity contribution >= 4 is 46.5 Å². The first-order valence-corrected chi connectivity index (χ1v) is 10.3. The number of imide groups is 1. The number of ether oxygens (including phenoxy) is 2. The van der Waals surface area contributed by atoms with Crippen molar-refractivity contribution in [1.29, 1.82) is 0 Å². The van der Waals surface area contributed by atoms with E-state index < -0.39 is 17.1 Å². The third-order valence-corrected chi connectivity index (χ3v) is 5.54. The largest absolute Gasteiger partial charge is 0.488 e. The summed E-state index contributed by atoms with van der Waals surface area (Å²) in [5.74, 6) is -0.397. The summed E-state index contributed by atoms with van der Waals surface area (Å²) < 4.78 is 10.8. The average Bonchev–Trinajstić information content (AvgIpc) is 3.30. The first-order chi connectivity index (χ1) is 14.0. The van der Waals surface area contributed by atoms with E-state index in [1.165, 1.54) is 0 Å². The molecule has 0 bridgehead atoms. The number of nitrogens with one attached hydrogen (secondary N) is 1. The average molecular weight is 437 g/mol. The van der Waals surface area contributed by atoms with Crippen molar-refractivity contribution in [2.75, 3.05) is 26.3 Å². The van der Waals surface area contributed by atoms with Gasteiger partial charge in [-0.3, -0.25) is 19.3 Å². The third-order valence-electron chi connectivity index (χ3n) is 4.34. The molecule has 3 rings (SSSR count). The summed E-state index contributed by atoms with van der Waals surface area (Å²) in [5, 5.41) is 2.61. The molecule has 2 aliphatic rings. The van der Waals surface area contributed by atoms with E-state index in [-0.39, 0.29) is 17.6 Å². The highest BCUT2D eigenvalue weighted by molar-refractivity contribution is 8.18. The molecule has 3 amide bonds. The van der Waals surface area contributed by atoms with Gasteiger partial charge in [-0.2, -0.15) is 0 Å². The van der Waals surface area contributed by atoms with Crippen LogP contribution in [0.25, 0.3) is 6.08 Å². The third kappa shape index (κ3) is 5.62. The number of rotatable bonds is 8. The Morgan fingerprint density at radius 1 is 1.45 bits per heavy atom. The second-order valence-corrected chi connectivity index (χ2v) is 7.90. The Balaban J connectivity index is 1.61. The van der Waals surface area contributed by atoms with Gasteiger partial charge in [-0.25, -0.2) is 0 Å². The molecular weight excluding hydrogens is 416 g/mol. The molecule has 7 nitrogen and oxygen atoms in total. The quantitative estimate of drug-likeness (QED) is 0.497. The predicted molar refractivity (Wildman–Crippen MR) is 112 cm³/mol. The first kappa shape index (κ1) is 21.4. The van der Waals surface area contributed by atoms with E-state index >= 15 is 0 Å². The topological polar surface area (TPSA) is 84.9 Å². The summed E-state index contributed by atoms with van der Waals surface area (Å²) in [6.07, 6.45) is 5.04. The lowest BCUT2D eigenvalue weighted by Gasteiger charge is -2.14. The second-order valence-electron chi connectivity index (χ2n) is 6.50. The van der Waals surface area contributed by atoms with Crippen molar-refractivity contribution in [1.82, 2.24) is 10.2 Å². The fourth-order valence-corrected chi connectivity index (χ4v) is 3.97. The lowest BCUT2D eigenvalue weighted by Crippen LogP contribution is -2.41. The van der Waals surface area contributed by atoms with Gasteiger partial charge in [-0.1, -0.05) is 30.3 Å². The summed E-state index contributed by atoms with van der Waals surface area (Å²) in [6, 6.07) is 5.05. The van der Waals surface area contributed by atoms with Gasteiger partial charge in [-0.05, 0) is 48.4 Å². The molecule has 2 heterocycles. The minimum absolute atomic E-state index is 0.00283. The van der Waals surface area contributed by atoms with Crippen molar-refractivity contribution in [2.45, 2.75) is 18.9 Å². The molecule has 0 unspecified atom stereocenters. The standard InChI is InChI=1S/C20H21ClN2O5S/c1-2-7-28-16-6-5-13(9-15(16)21)10-17-19(25)23(20(26)29-17)12-18(24)22-11-14-4-3-8-27-14/h2,5-6,9-10,14H,1,3-4,7-8,11-12H2,(H,22,24)/b17-10-/t14-/m1/s1. The summed E-state index contributed by atoms with van der Waals surface area (Å²) in [6.45, 7) is 4.66. The van der Waals surface area contributed by atoms with E-state index in [9.17, 15) is 14.4 Å². The van der Waals surface area contributed by atoms with Gasteiger partial charge in [0, 0.05) is 13.2 Å². The van der Waals surface area contributed by atoms with Crippen molar-refractivity contribution in [3.05, 3.63) is 46.3 Å². The monoisotopic (exact) mass is 436 g/mol. The maximum Gasteiger partial charge on any atom is 0.294 e. The Morgan fingerprint density at radius 2 is 2.28 bits per heavy atom. The van der Waals surface area contributed by atoms with Gasteiger partial charge in [0.25, 0.3) is 11.1 Å². The molecule has 0 spiro atoms. The SMILES string of the molecule is C=CCOc1ccc(/C=C2\SC(=O)N(CC(=O)NC[C@H]3CCCO3)C2=O)cc1Cl. The number of hydrogen-bond donors (Lipinski definition) is 1. The molecular formula is C20H21ClN2O5S. The van der Waals surface area contributed by atoms with Crippen LogP contribution < -0.4 is 10.1 Å². The lowest BCUT2D eigenvalue weighted by molar-refractivity contribution is -0.129. The fraction of sp³-hybridized carbons (Fsp3) is 0.350. The minimum Gasteiger partial charge on any atom is -0.488 e. The summed E-state index contributed by atoms with van der Waals surface area (Å²) in [5.41, 5.74) is 0.647. The highest BCUT2D eigenvalue weighted by Crippen LogP contribution is 2.33. The van der Waals surface area contributed by atoms with Crippen LogP contribution in [0.15, 0.2) is 35.8 Å². The van der Waals surface area contributed by atoms with E-state index in [0.717, 1.165) is 29.5 Å². The van der Waals surface area contributed by atoms with Crippen molar-refractivity contribution in [2.24, 2.45) is 0 Å². The fourth-order valence-electron chi connectivity index (χ4n) is 2.89. The van der Waals surface area contributed by atoms with Crippen molar-refractivity contribution < 1.29 is 23.9 Å².